The Labute approximate surface area is 91.7 Å². The van der Waals surface area contributed by atoms with E-state index in [4.69, 9.17) is 0 Å². The van der Waals surface area contributed by atoms with Gasteiger partial charge in [0.1, 0.15) is 0 Å². The first-order chi connectivity index (χ1) is 7.36. The first kappa shape index (κ1) is 10.7. The van der Waals surface area contributed by atoms with E-state index in [1.54, 1.807) is 6.20 Å². The molecule has 0 amide bonds. The molecule has 1 aromatic heterocycles. The van der Waals surface area contributed by atoms with Gasteiger partial charge in [0.05, 0.1) is 0 Å². The molecule has 3 heteroatoms. The van der Waals surface area contributed by atoms with Gasteiger partial charge in [-0.15, -0.1) is 0 Å². The third-order valence-electron chi connectivity index (χ3n) is 3.57. The van der Waals surface area contributed by atoms with E-state index < -0.39 is 0 Å². The van der Waals surface area contributed by atoms with E-state index in [-0.39, 0.29) is 0 Å². The molecule has 2 rings (SSSR count). The van der Waals surface area contributed by atoms with Crippen LogP contribution in [0.5, 0.6) is 0 Å². The average molecular weight is 207 g/mol. The minimum atomic E-state index is 0.877. The van der Waals surface area contributed by atoms with Crippen molar-refractivity contribution in [2.45, 2.75) is 39.2 Å². The summed E-state index contributed by atoms with van der Waals surface area (Å²) in [6.07, 6.45) is 7.47. The lowest BCUT2D eigenvalue weighted by atomic mass is 9.80. The van der Waals surface area contributed by atoms with Gasteiger partial charge in [0.15, 0.2) is 0 Å². The number of nitrogens with zero attached hydrogens (tertiary/aromatic N) is 1. The Morgan fingerprint density at radius 1 is 1.47 bits per heavy atom. The zero-order chi connectivity index (χ0) is 10.5. The summed E-state index contributed by atoms with van der Waals surface area (Å²) in [5.41, 5.74) is 1.18. The minimum absolute atomic E-state index is 0.877. The van der Waals surface area contributed by atoms with Crippen LogP contribution in [0, 0.1) is 11.8 Å². The molecular weight excluding hydrogens is 186 g/mol. The lowest BCUT2D eigenvalue weighted by Crippen LogP contribution is -2.29. The molecule has 0 radical (unpaired) electrons. The monoisotopic (exact) mass is 207 g/mol. The molecule has 0 aromatic carbocycles. The van der Waals surface area contributed by atoms with Gasteiger partial charge in [0.2, 0.25) is 0 Å². The van der Waals surface area contributed by atoms with Crippen molar-refractivity contribution in [1.29, 1.82) is 0 Å². The first-order valence-electron chi connectivity index (χ1n) is 6.05. The molecule has 3 nitrogen and oxygen atoms in total. The molecule has 0 aliphatic heterocycles. The number of aromatic nitrogens is 2. The molecule has 1 aliphatic rings. The van der Waals surface area contributed by atoms with Gasteiger partial charge >= 0.3 is 0 Å². The van der Waals surface area contributed by atoms with E-state index >= 15 is 0 Å². The molecule has 0 bridgehead atoms. The van der Waals surface area contributed by atoms with Crippen molar-refractivity contribution in [2.24, 2.45) is 11.8 Å². The number of aromatic amines is 1. The van der Waals surface area contributed by atoms with Gasteiger partial charge in [-0.05, 0) is 30.9 Å². The van der Waals surface area contributed by atoms with Gasteiger partial charge in [0.25, 0.3) is 0 Å². The van der Waals surface area contributed by atoms with E-state index in [9.17, 15) is 0 Å². The van der Waals surface area contributed by atoms with Crippen LogP contribution in [-0.2, 0) is 6.54 Å². The van der Waals surface area contributed by atoms with Crippen LogP contribution in [0.2, 0.25) is 0 Å². The molecular formula is C12H21N3. The summed E-state index contributed by atoms with van der Waals surface area (Å²) in [4.78, 5) is 0. The molecule has 1 aliphatic carbocycles. The summed E-state index contributed by atoms with van der Waals surface area (Å²) in [5.74, 6) is 1.77. The molecule has 1 aromatic rings. The van der Waals surface area contributed by atoms with E-state index in [1.807, 2.05) is 6.07 Å². The Balaban J connectivity index is 1.68. The third-order valence-corrected chi connectivity index (χ3v) is 3.57. The normalized spacial score (nSPS) is 26.7. The highest BCUT2D eigenvalue weighted by Crippen LogP contribution is 2.28. The van der Waals surface area contributed by atoms with E-state index in [0.29, 0.717) is 0 Å². The Kier molecular flexibility index (Phi) is 3.78. The smallest absolute Gasteiger partial charge is 0.0490 e. The highest BCUT2D eigenvalue weighted by atomic mass is 15.1. The Hall–Kier alpha value is -0.830. The van der Waals surface area contributed by atoms with Crippen LogP contribution >= 0.6 is 0 Å². The molecule has 1 fully saturated rings. The van der Waals surface area contributed by atoms with Crippen LogP contribution in [0.4, 0.5) is 0 Å². The Morgan fingerprint density at radius 3 is 3.07 bits per heavy atom. The van der Waals surface area contributed by atoms with Gasteiger partial charge in [-0.1, -0.05) is 26.2 Å². The highest BCUT2D eigenvalue weighted by Gasteiger charge is 2.20. The van der Waals surface area contributed by atoms with Gasteiger partial charge in [0, 0.05) is 18.4 Å². The fourth-order valence-electron chi connectivity index (χ4n) is 2.47. The second-order valence-corrected chi connectivity index (χ2v) is 4.73. The van der Waals surface area contributed by atoms with Crippen molar-refractivity contribution >= 4 is 0 Å². The van der Waals surface area contributed by atoms with Crippen molar-refractivity contribution in [3.8, 4) is 0 Å². The zero-order valence-corrected chi connectivity index (χ0v) is 9.50. The number of nitrogens with one attached hydrogen (secondary N) is 2. The second-order valence-electron chi connectivity index (χ2n) is 4.73. The molecule has 84 valence electrons. The predicted octanol–water partition coefficient (Wildman–Crippen LogP) is 2.33. The molecule has 1 saturated carbocycles. The molecule has 0 saturated heterocycles. The number of H-pyrrole nitrogens is 1. The number of rotatable bonds is 4. The maximum absolute atomic E-state index is 3.94. The Morgan fingerprint density at radius 2 is 2.33 bits per heavy atom. The van der Waals surface area contributed by atoms with Gasteiger partial charge in [-0.2, -0.15) is 5.10 Å². The fourth-order valence-corrected chi connectivity index (χ4v) is 2.47. The van der Waals surface area contributed by atoms with Crippen LogP contribution in [0.25, 0.3) is 0 Å². The topological polar surface area (TPSA) is 40.7 Å². The molecule has 2 atom stereocenters. The summed E-state index contributed by atoms with van der Waals surface area (Å²) in [6, 6.07) is 2.03. The SMILES string of the molecule is CC1CCCCC1CNCc1ccn[nH]1. The average Bonchev–Trinajstić information content (AvgIpc) is 2.74. The third kappa shape index (κ3) is 3.06. The summed E-state index contributed by atoms with van der Waals surface area (Å²) in [7, 11) is 0. The molecule has 1 heterocycles. The van der Waals surface area contributed by atoms with Crippen LogP contribution in [0.3, 0.4) is 0 Å². The maximum Gasteiger partial charge on any atom is 0.0490 e. The van der Waals surface area contributed by atoms with Crippen molar-refractivity contribution < 1.29 is 0 Å². The van der Waals surface area contributed by atoms with Gasteiger partial charge in [-0.3, -0.25) is 5.10 Å². The lowest BCUT2D eigenvalue weighted by Gasteiger charge is -2.28. The molecule has 2 unspecified atom stereocenters. The van der Waals surface area contributed by atoms with Crippen LogP contribution in [0.15, 0.2) is 12.3 Å². The standard InChI is InChI=1S/C12H21N3/c1-10-4-2-3-5-11(10)8-13-9-12-6-7-14-15-12/h6-7,10-11,13H,2-5,8-9H2,1H3,(H,14,15). The van der Waals surface area contributed by atoms with E-state index in [1.165, 1.54) is 31.4 Å². The van der Waals surface area contributed by atoms with Gasteiger partial charge in [-0.25, -0.2) is 0 Å². The summed E-state index contributed by atoms with van der Waals surface area (Å²) < 4.78 is 0. The number of hydrogen-bond acceptors (Lipinski definition) is 2. The second kappa shape index (κ2) is 5.31. The maximum atomic E-state index is 3.94. The van der Waals surface area contributed by atoms with Crippen LogP contribution in [0.1, 0.15) is 38.3 Å². The number of hydrogen-bond donors (Lipinski definition) is 2. The van der Waals surface area contributed by atoms with Crippen LogP contribution in [-0.4, -0.2) is 16.7 Å². The predicted molar refractivity (Wildman–Crippen MR) is 61.4 cm³/mol. The largest absolute Gasteiger partial charge is 0.311 e. The van der Waals surface area contributed by atoms with Crippen molar-refractivity contribution in [3.63, 3.8) is 0 Å². The minimum Gasteiger partial charge on any atom is -0.311 e. The summed E-state index contributed by atoms with van der Waals surface area (Å²) in [5, 5.41) is 10.4. The fraction of sp³-hybridized carbons (Fsp3) is 0.750. The molecule has 2 N–H and O–H groups in total. The highest BCUT2D eigenvalue weighted by molar-refractivity contribution is 4.96. The molecule has 0 spiro atoms. The first-order valence-corrected chi connectivity index (χ1v) is 6.05. The molecule has 15 heavy (non-hydrogen) atoms. The summed E-state index contributed by atoms with van der Waals surface area (Å²) in [6.45, 7) is 4.46. The van der Waals surface area contributed by atoms with Crippen molar-refractivity contribution in [1.82, 2.24) is 15.5 Å². The van der Waals surface area contributed by atoms with Gasteiger partial charge < -0.3 is 5.32 Å². The quantitative estimate of drug-likeness (QED) is 0.795. The van der Waals surface area contributed by atoms with E-state index in [2.05, 4.69) is 22.4 Å². The van der Waals surface area contributed by atoms with E-state index in [0.717, 1.165) is 24.9 Å². The van der Waals surface area contributed by atoms with Crippen LogP contribution < -0.4 is 5.32 Å². The summed E-state index contributed by atoms with van der Waals surface area (Å²) >= 11 is 0. The Bertz CT molecular complexity index is 268. The zero-order valence-electron chi connectivity index (χ0n) is 9.50. The lowest BCUT2D eigenvalue weighted by molar-refractivity contribution is 0.247. The van der Waals surface area contributed by atoms with Crippen molar-refractivity contribution in [2.75, 3.05) is 6.54 Å². The van der Waals surface area contributed by atoms with Crippen molar-refractivity contribution in [3.05, 3.63) is 18.0 Å².